The van der Waals surface area contributed by atoms with Gasteiger partial charge in [0, 0.05) is 19.1 Å². The predicted molar refractivity (Wildman–Crippen MR) is 72.5 cm³/mol. The van der Waals surface area contributed by atoms with Gasteiger partial charge < -0.3 is 9.84 Å². The summed E-state index contributed by atoms with van der Waals surface area (Å²) in [5.74, 6) is -0.262. The van der Waals surface area contributed by atoms with E-state index in [2.05, 4.69) is 11.8 Å². The minimum Gasteiger partial charge on any atom is -0.387 e. The second kappa shape index (κ2) is 5.99. The maximum atomic E-state index is 13.1. The van der Waals surface area contributed by atoms with Crippen LogP contribution in [0.5, 0.6) is 0 Å². The molecule has 2 rings (SSSR count). The van der Waals surface area contributed by atoms with Gasteiger partial charge in [0.25, 0.3) is 0 Å². The third-order valence-corrected chi connectivity index (χ3v) is 4.01. The zero-order valence-electron chi connectivity index (χ0n) is 11.8. The molecular weight excluding hydrogens is 245 g/mol. The van der Waals surface area contributed by atoms with Crippen LogP contribution < -0.4 is 0 Å². The lowest BCUT2D eigenvalue weighted by Crippen LogP contribution is -2.49. The molecular formula is C15H22FNO2. The molecule has 1 saturated heterocycles. The van der Waals surface area contributed by atoms with Crippen molar-refractivity contribution in [1.82, 2.24) is 4.90 Å². The van der Waals surface area contributed by atoms with Crippen LogP contribution in [0.3, 0.4) is 0 Å². The van der Waals surface area contributed by atoms with E-state index in [9.17, 15) is 9.50 Å². The number of aliphatic hydroxyl groups excluding tert-OH is 1. The number of ether oxygens (including phenoxy) is 1. The molecule has 3 unspecified atom stereocenters. The summed E-state index contributed by atoms with van der Waals surface area (Å²) in [6.07, 6.45) is -0.413. The van der Waals surface area contributed by atoms with Gasteiger partial charge in [-0.25, -0.2) is 4.39 Å². The van der Waals surface area contributed by atoms with Gasteiger partial charge in [0.2, 0.25) is 0 Å². The molecule has 0 spiro atoms. The normalized spacial score (nSPS) is 26.4. The van der Waals surface area contributed by atoms with Crippen molar-refractivity contribution in [3.63, 3.8) is 0 Å². The Hall–Kier alpha value is -0.970. The molecule has 1 aliphatic heterocycles. The first-order valence-corrected chi connectivity index (χ1v) is 6.79. The maximum Gasteiger partial charge on any atom is 0.123 e. The Morgan fingerprint density at radius 2 is 2.21 bits per heavy atom. The van der Waals surface area contributed by atoms with E-state index in [4.69, 9.17) is 4.74 Å². The third kappa shape index (κ3) is 3.32. The SMILES string of the molecule is Cc1cc(F)ccc1C(O)CN1CCOC(C)C1C. The molecule has 3 atom stereocenters. The highest BCUT2D eigenvalue weighted by atomic mass is 19.1. The summed E-state index contributed by atoms with van der Waals surface area (Å²) in [7, 11) is 0. The van der Waals surface area contributed by atoms with Crippen molar-refractivity contribution < 1.29 is 14.2 Å². The monoisotopic (exact) mass is 267 g/mol. The van der Waals surface area contributed by atoms with Gasteiger partial charge in [-0.05, 0) is 44.0 Å². The molecule has 4 heteroatoms. The maximum absolute atomic E-state index is 13.1. The van der Waals surface area contributed by atoms with Gasteiger partial charge in [-0.1, -0.05) is 6.07 Å². The molecule has 1 fully saturated rings. The van der Waals surface area contributed by atoms with Gasteiger partial charge in [-0.3, -0.25) is 4.90 Å². The molecule has 3 nitrogen and oxygen atoms in total. The average molecular weight is 267 g/mol. The largest absolute Gasteiger partial charge is 0.387 e. The third-order valence-electron chi connectivity index (χ3n) is 4.01. The highest BCUT2D eigenvalue weighted by molar-refractivity contribution is 5.28. The van der Waals surface area contributed by atoms with E-state index < -0.39 is 6.10 Å². The minimum absolute atomic E-state index is 0.176. The molecule has 19 heavy (non-hydrogen) atoms. The van der Waals surface area contributed by atoms with Gasteiger partial charge >= 0.3 is 0 Å². The van der Waals surface area contributed by atoms with Crippen molar-refractivity contribution in [2.45, 2.75) is 39.0 Å². The van der Waals surface area contributed by atoms with E-state index >= 15 is 0 Å². The number of β-amino-alcohol motifs (C(OH)–C–C–N with tert-alkyl or cyclic N) is 1. The van der Waals surface area contributed by atoms with Crippen molar-refractivity contribution in [2.75, 3.05) is 19.7 Å². The van der Waals surface area contributed by atoms with Crippen LogP contribution in [0, 0.1) is 12.7 Å². The summed E-state index contributed by atoms with van der Waals surface area (Å²) in [5.41, 5.74) is 1.59. The Morgan fingerprint density at radius 1 is 1.47 bits per heavy atom. The molecule has 0 aliphatic carbocycles. The number of hydrogen-bond acceptors (Lipinski definition) is 3. The van der Waals surface area contributed by atoms with Crippen molar-refractivity contribution >= 4 is 0 Å². The van der Waals surface area contributed by atoms with E-state index in [0.717, 1.165) is 17.7 Å². The molecule has 0 bridgehead atoms. The van der Waals surface area contributed by atoms with E-state index in [1.165, 1.54) is 12.1 Å². The van der Waals surface area contributed by atoms with E-state index in [0.29, 0.717) is 13.2 Å². The van der Waals surface area contributed by atoms with Crippen molar-refractivity contribution in [2.24, 2.45) is 0 Å². The van der Waals surface area contributed by atoms with Crippen LogP contribution in [0.2, 0.25) is 0 Å². The number of rotatable bonds is 3. The van der Waals surface area contributed by atoms with Crippen LogP contribution in [0.1, 0.15) is 31.1 Å². The molecule has 106 valence electrons. The molecule has 1 aliphatic rings. The lowest BCUT2D eigenvalue weighted by atomic mass is 10.0. The van der Waals surface area contributed by atoms with Gasteiger partial charge in [-0.2, -0.15) is 0 Å². The fourth-order valence-corrected chi connectivity index (χ4v) is 2.59. The van der Waals surface area contributed by atoms with Gasteiger partial charge in [0.05, 0.1) is 18.8 Å². The Kier molecular flexibility index (Phi) is 4.55. The fourth-order valence-electron chi connectivity index (χ4n) is 2.59. The zero-order chi connectivity index (χ0) is 14.0. The van der Waals surface area contributed by atoms with Crippen LogP contribution in [0.15, 0.2) is 18.2 Å². The molecule has 1 heterocycles. The molecule has 0 radical (unpaired) electrons. The topological polar surface area (TPSA) is 32.7 Å². The van der Waals surface area contributed by atoms with Crippen LogP contribution >= 0.6 is 0 Å². The van der Waals surface area contributed by atoms with Gasteiger partial charge in [-0.15, -0.1) is 0 Å². The Balaban J connectivity index is 2.05. The summed E-state index contributed by atoms with van der Waals surface area (Å²) < 4.78 is 18.6. The van der Waals surface area contributed by atoms with Crippen LogP contribution in [-0.4, -0.2) is 41.8 Å². The predicted octanol–water partition coefficient (Wildman–Crippen LogP) is 2.28. The van der Waals surface area contributed by atoms with E-state index in [-0.39, 0.29) is 18.0 Å². The fraction of sp³-hybridized carbons (Fsp3) is 0.600. The average Bonchev–Trinajstić information content (AvgIpc) is 2.34. The number of aryl methyl sites for hydroxylation is 1. The van der Waals surface area contributed by atoms with Gasteiger partial charge in [0.1, 0.15) is 5.82 Å². The number of aliphatic hydroxyl groups is 1. The Bertz CT molecular complexity index is 438. The first kappa shape index (κ1) is 14.4. The second-order valence-electron chi connectivity index (χ2n) is 5.33. The summed E-state index contributed by atoms with van der Waals surface area (Å²) >= 11 is 0. The van der Waals surface area contributed by atoms with E-state index in [1.807, 2.05) is 13.8 Å². The van der Waals surface area contributed by atoms with Crippen LogP contribution in [0.4, 0.5) is 4.39 Å². The molecule has 1 aromatic carbocycles. The van der Waals surface area contributed by atoms with Crippen LogP contribution in [-0.2, 0) is 4.74 Å². The van der Waals surface area contributed by atoms with Crippen molar-refractivity contribution in [3.8, 4) is 0 Å². The number of halogens is 1. The Morgan fingerprint density at radius 3 is 2.89 bits per heavy atom. The molecule has 1 N–H and O–H groups in total. The first-order valence-electron chi connectivity index (χ1n) is 6.79. The number of benzene rings is 1. The lowest BCUT2D eigenvalue weighted by molar-refractivity contribution is -0.0673. The highest BCUT2D eigenvalue weighted by Gasteiger charge is 2.27. The summed E-state index contributed by atoms with van der Waals surface area (Å²) in [6, 6.07) is 4.81. The second-order valence-corrected chi connectivity index (χ2v) is 5.33. The zero-order valence-corrected chi connectivity index (χ0v) is 11.8. The molecule has 0 amide bonds. The smallest absolute Gasteiger partial charge is 0.123 e. The number of nitrogens with zero attached hydrogens (tertiary/aromatic N) is 1. The van der Waals surface area contributed by atoms with Gasteiger partial charge in [0.15, 0.2) is 0 Å². The summed E-state index contributed by atoms with van der Waals surface area (Å²) in [5, 5.41) is 10.3. The summed E-state index contributed by atoms with van der Waals surface area (Å²) in [6.45, 7) is 8.05. The lowest BCUT2D eigenvalue weighted by Gasteiger charge is -2.38. The number of hydrogen-bond donors (Lipinski definition) is 1. The van der Waals surface area contributed by atoms with Crippen molar-refractivity contribution in [3.05, 3.63) is 35.1 Å². The van der Waals surface area contributed by atoms with Crippen molar-refractivity contribution in [1.29, 1.82) is 0 Å². The van der Waals surface area contributed by atoms with Crippen LogP contribution in [0.25, 0.3) is 0 Å². The molecule has 1 aromatic rings. The Labute approximate surface area is 114 Å². The first-order chi connectivity index (χ1) is 8.99. The molecule has 0 aromatic heterocycles. The van der Waals surface area contributed by atoms with E-state index in [1.54, 1.807) is 6.07 Å². The quantitative estimate of drug-likeness (QED) is 0.912. The molecule has 0 saturated carbocycles. The number of morpholine rings is 1. The standard InChI is InChI=1S/C15H22FNO2/c1-10-8-13(16)4-5-14(10)15(18)9-17-6-7-19-12(3)11(17)2/h4-5,8,11-12,15,18H,6-7,9H2,1-3H3. The minimum atomic E-state index is -0.589. The summed E-state index contributed by atoms with van der Waals surface area (Å²) in [4.78, 5) is 2.22. The highest BCUT2D eigenvalue weighted by Crippen LogP contribution is 2.22.